The predicted molar refractivity (Wildman–Crippen MR) is 114 cm³/mol. The number of esters is 1. The van der Waals surface area contributed by atoms with Gasteiger partial charge in [0.25, 0.3) is 17.4 Å². The van der Waals surface area contributed by atoms with Crippen molar-refractivity contribution in [3.05, 3.63) is 81.6 Å². The molecule has 8 heteroatoms. The lowest BCUT2D eigenvalue weighted by Gasteiger charge is -2.13. The van der Waals surface area contributed by atoms with Gasteiger partial charge in [0.05, 0.1) is 28.5 Å². The van der Waals surface area contributed by atoms with Crippen LogP contribution < -0.4 is 16.6 Å². The number of rotatable bonds is 4. The highest BCUT2D eigenvalue weighted by Gasteiger charge is 2.31. The Labute approximate surface area is 177 Å². The first-order chi connectivity index (χ1) is 14.8. The van der Waals surface area contributed by atoms with Crippen molar-refractivity contribution < 1.29 is 19.1 Å². The van der Waals surface area contributed by atoms with E-state index in [2.05, 4.69) is 5.32 Å². The van der Waals surface area contributed by atoms with Crippen LogP contribution in [0.3, 0.4) is 0 Å². The Morgan fingerprint density at radius 3 is 2.35 bits per heavy atom. The number of aromatic nitrogens is 1. The number of amides is 2. The van der Waals surface area contributed by atoms with Crippen molar-refractivity contribution >= 4 is 23.6 Å². The highest BCUT2D eigenvalue weighted by Crippen LogP contribution is 2.26. The van der Waals surface area contributed by atoms with Crippen LogP contribution in [0, 0.1) is 0 Å². The third kappa shape index (κ3) is 3.59. The molecule has 0 fully saturated rings. The molecule has 0 atom stereocenters. The first kappa shape index (κ1) is 20.1. The molecule has 2 heterocycles. The zero-order valence-corrected chi connectivity index (χ0v) is 16.8. The fraction of sp³-hybridized carbons (Fsp3) is 0.130. The number of benzene rings is 2. The largest absolute Gasteiger partial charge is 0.459 e. The maximum absolute atomic E-state index is 12.6. The minimum atomic E-state index is -0.638. The van der Waals surface area contributed by atoms with Gasteiger partial charge in [0.1, 0.15) is 5.82 Å². The van der Waals surface area contributed by atoms with E-state index < -0.39 is 23.3 Å². The van der Waals surface area contributed by atoms with Crippen LogP contribution in [0.15, 0.2) is 59.4 Å². The van der Waals surface area contributed by atoms with Gasteiger partial charge in [-0.3, -0.25) is 24.3 Å². The van der Waals surface area contributed by atoms with Crippen molar-refractivity contribution in [3.8, 4) is 16.8 Å². The Morgan fingerprint density at radius 2 is 1.68 bits per heavy atom. The zero-order valence-electron chi connectivity index (χ0n) is 16.8. The Hall–Kier alpha value is -4.20. The molecule has 1 aliphatic heterocycles. The van der Waals surface area contributed by atoms with E-state index in [4.69, 9.17) is 10.5 Å². The number of hydrogen-bond acceptors (Lipinski definition) is 6. The van der Waals surface area contributed by atoms with Gasteiger partial charge in [-0.15, -0.1) is 0 Å². The summed E-state index contributed by atoms with van der Waals surface area (Å²) in [5.41, 5.74) is 8.00. The van der Waals surface area contributed by atoms with Crippen LogP contribution >= 0.6 is 0 Å². The van der Waals surface area contributed by atoms with Gasteiger partial charge in [-0.1, -0.05) is 24.3 Å². The minimum absolute atomic E-state index is 0.0111. The number of nitrogen functional groups attached to an aromatic ring is 1. The molecule has 8 nitrogen and oxygen atoms in total. The predicted octanol–water partition coefficient (Wildman–Crippen LogP) is 2.54. The Morgan fingerprint density at radius 1 is 0.968 bits per heavy atom. The number of imide groups is 1. The summed E-state index contributed by atoms with van der Waals surface area (Å²) in [7, 11) is 0. The van der Waals surface area contributed by atoms with Crippen LogP contribution in [0.25, 0.3) is 16.8 Å². The molecule has 0 spiro atoms. The van der Waals surface area contributed by atoms with Gasteiger partial charge in [-0.25, -0.2) is 4.79 Å². The van der Waals surface area contributed by atoms with Crippen molar-refractivity contribution in [1.82, 2.24) is 9.88 Å². The third-order valence-electron chi connectivity index (χ3n) is 4.85. The Bertz CT molecular complexity index is 1290. The number of nitrogens with one attached hydrogen (secondary N) is 1. The van der Waals surface area contributed by atoms with E-state index in [0.29, 0.717) is 11.3 Å². The van der Waals surface area contributed by atoms with E-state index in [1.54, 1.807) is 56.3 Å². The Balaban J connectivity index is 1.73. The molecule has 0 radical (unpaired) electrons. The molecule has 3 N–H and O–H groups in total. The standard InChI is InChI=1S/C23H19N3O5/c1-12(2)31-23(30)14-8-6-13(7-9-14)15-4-3-5-16(10-15)26-18(27)11-17-19(20(26)24)22(29)25-21(17)28/h3-12H,24H2,1-2H3,(H,25,28,29). The van der Waals surface area contributed by atoms with Crippen molar-refractivity contribution in [3.63, 3.8) is 0 Å². The van der Waals surface area contributed by atoms with Crippen molar-refractivity contribution in [2.45, 2.75) is 20.0 Å². The second-order valence-electron chi connectivity index (χ2n) is 7.36. The molecule has 0 saturated heterocycles. The smallest absolute Gasteiger partial charge is 0.338 e. The van der Waals surface area contributed by atoms with Crippen LogP contribution in [-0.4, -0.2) is 28.5 Å². The molecule has 1 aromatic heterocycles. The molecule has 1 aliphatic rings. The summed E-state index contributed by atoms with van der Waals surface area (Å²) >= 11 is 0. The molecule has 0 aliphatic carbocycles. The first-order valence-corrected chi connectivity index (χ1v) is 9.59. The van der Waals surface area contributed by atoms with Crippen LogP contribution in [0.4, 0.5) is 5.82 Å². The van der Waals surface area contributed by atoms with Gasteiger partial charge >= 0.3 is 5.97 Å². The van der Waals surface area contributed by atoms with E-state index >= 15 is 0 Å². The molecular formula is C23H19N3O5. The SMILES string of the molecule is CC(C)OC(=O)c1ccc(-c2cccc(-n3c(N)c4c(cc3=O)C(=O)NC4=O)c2)cc1. The zero-order chi connectivity index (χ0) is 22.3. The molecule has 4 rings (SSSR count). The lowest BCUT2D eigenvalue weighted by Crippen LogP contribution is -2.24. The van der Waals surface area contributed by atoms with E-state index in [9.17, 15) is 19.2 Å². The van der Waals surface area contributed by atoms with Crippen molar-refractivity contribution in [2.24, 2.45) is 0 Å². The summed E-state index contributed by atoms with van der Waals surface area (Å²) in [4.78, 5) is 48.6. The summed E-state index contributed by atoms with van der Waals surface area (Å²) in [6, 6.07) is 15.0. The second kappa shape index (κ2) is 7.56. The van der Waals surface area contributed by atoms with E-state index in [0.717, 1.165) is 17.2 Å². The third-order valence-corrected chi connectivity index (χ3v) is 4.85. The number of fused-ring (bicyclic) bond motifs is 1. The molecule has 156 valence electrons. The second-order valence-corrected chi connectivity index (χ2v) is 7.36. The van der Waals surface area contributed by atoms with Gasteiger partial charge in [-0.05, 0) is 49.2 Å². The monoisotopic (exact) mass is 417 g/mol. The fourth-order valence-corrected chi connectivity index (χ4v) is 3.45. The van der Waals surface area contributed by atoms with E-state index in [-0.39, 0.29) is 23.0 Å². The molecule has 3 aromatic rings. The molecule has 2 aromatic carbocycles. The van der Waals surface area contributed by atoms with E-state index in [1.807, 2.05) is 6.07 Å². The molecule has 0 bridgehead atoms. The molecule has 0 saturated carbocycles. The molecule has 31 heavy (non-hydrogen) atoms. The summed E-state index contributed by atoms with van der Waals surface area (Å²) in [6.45, 7) is 3.56. The Kier molecular flexibility index (Phi) is 4.90. The fourth-order valence-electron chi connectivity index (χ4n) is 3.45. The maximum atomic E-state index is 12.6. The minimum Gasteiger partial charge on any atom is -0.459 e. The van der Waals surface area contributed by atoms with Crippen LogP contribution in [0.5, 0.6) is 0 Å². The van der Waals surface area contributed by atoms with E-state index in [1.165, 1.54) is 4.57 Å². The average molecular weight is 417 g/mol. The van der Waals surface area contributed by atoms with Gasteiger partial charge < -0.3 is 10.5 Å². The lowest BCUT2D eigenvalue weighted by molar-refractivity contribution is 0.0377. The topological polar surface area (TPSA) is 120 Å². The number of ether oxygens (including phenoxy) is 1. The van der Waals surface area contributed by atoms with Gasteiger partial charge in [0, 0.05) is 6.07 Å². The lowest BCUT2D eigenvalue weighted by atomic mass is 10.0. The van der Waals surface area contributed by atoms with Gasteiger partial charge in [0.15, 0.2) is 0 Å². The quantitative estimate of drug-likeness (QED) is 0.497. The number of anilines is 1. The summed E-state index contributed by atoms with van der Waals surface area (Å²) in [5, 5.41) is 2.14. The molecular weight excluding hydrogens is 398 g/mol. The highest BCUT2D eigenvalue weighted by molar-refractivity contribution is 6.23. The average Bonchev–Trinajstić information content (AvgIpc) is 3.01. The number of pyridine rings is 1. The number of nitrogens with two attached hydrogens (primary N) is 1. The van der Waals surface area contributed by atoms with Crippen molar-refractivity contribution in [2.75, 3.05) is 5.73 Å². The maximum Gasteiger partial charge on any atom is 0.338 e. The van der Waals surface area contributed by atoms with Crippen LogP contribution in [-0.2, 0) is 4.74 Å². The van der Waals surface area contributed by atoms with Crippen LogP contribution in [0.1, 0.15) is 44.9 Å². The summed E-state index contributed by atoms with van der Waals surface area (Å²) in [5.74, 6) is -1.78. The van der Waals surface area contributed by atoms with Crippen LogP contribution in [0.2, 0.25) is 0 Å². The molecule has 2 amide bonds. The van der Waals surface area contributed by atoms with Gasteiger partial charge in [-0.2, -0.15) is 0 Å². The number of nitrogens with zero attached hydrogens (tertiary/aromatic N) is 1. The first-order valence-electron chi connectivity index (χ1n) is 9.59. The number of hydrogen-bond donors (Lipinski definition) is 2. The van der Waals surface area contributed by atoms with Gasteiger partial charge in [0.2, 0.25) is 0 Å². The summed E-state index contributed by atoms with van der Waals surface area (Å²) < 4.78 is 6.38. The normalized spacial score (nSPS) is 12.6. The number of carbonyl (C=O) groups is 3. The molecule has 0 unspecified atom stereocenters. The van der Waals surface area contributed by atoms with Crippen molar-refractivity contribution in [1.29, 1.82) is 0 Å². The number of carbonyl (C=O) groups excluding carboxylic acids is 3. The summed E-state index contributed by atoms with van der Waals surface area (Å²) in [6.07, 6.45) is -0.211. The highest BCUT2D eigenvalue weighted by atomic mass is 16.5.